The second kappa shape index (κ2) is 3.95. The van der Waals surface area contributed by atoms with E-state index in [-0.39, 0.29) is 11.4 Å². The second-order valence-electron chi connectivity index (χ2n) is 4.44. The summed E-state index contributed by atoms with van der Waals surface area (Å²) in [4.78, 5) is 22.9. The van der Waals surface area contributed by atoms with E-state index in [2.05, 4.69) is 0 Å². The molecule has 3 nitrogen and oxygen atoms in total. The molecule has 0 saturated carbocycles. The Morgan fingerprint density at radius 1 is 1.43 bits per heavy atom. The van der Waals surface area contributed by atoms with E-state index in [1.807, 2.05) is 0 Å². The van der Waals surface area contributed by atoms with E-state index in [9.17, 15) is 9.59 Å². The molecule has 0 aliphatic heterocycles. The van der Waals surface area contributed by atoms with E-state index in [0.29, 0.717) is 6.42 Å². The summed E-state index contributed by atoms with van der Waals surface area (Å²) in [6.07, 6.45) is 3.77. The third-order valence-corrected chi connectivity index (χ3v) is 1.88. The molecule has 0 spiro atoms. The van der Waals surface area contributed by atoms with Crippen molar-refractivity contribution in [3.8, 4) is 0 Å². The molecule has 0 radical (unpaired) electrons. The fourth-order valence-corrected chi connectivity index (χ4v) is 1.29. The van der Waals surface area contributed by atoms with E-state index < -0.39 is 11.6 Å². The van der Waals surface area contributed by atoms with Crippen LogP contribution in [0.1, 0.15) is 40.0 Å². The van der Waals surface area contributed by atoms with Gasteiger partial charge in [0.1, 0.15) is 5.60 Å². The number of allylic oxidation sites excluding steroid dienone is 1. The highest BCUT2D eigenvalue weighted by Crippen LogP contribution is 2.18. The van der Waals surface area contributed by atoms with E-state index in [1.165, 1.54) is 0 Å². The largest absolute Gasteiger partial charge is 0.456 e. The van der Waals surface area contributed by atoms with Gasteiger partial charge in [0.05, 0.1) is 5.57 Å². The number of ether oxygens (including phenoxy) is 1. The lowest BCUT2D eigenvalue weighted by Gasteiger charge is -2.21. The van der Waals surface area contributed by atoms with Crippen molar-refractivity contribution in [2.45, 2.75) is 45.6 Å². The summed E-state index contributed by atoms with van der Waals surface area (Å²) in [6.45, 7) is 5.37. The zero-order valence-corrected chi connectivity index (χ0v) is 8.92. The fraction of sp³-hybridized carbons (Fsp3) is 0.636. The van der Waals surface area contributed by atoms with Crippen LogP contribution >= 0.6 is 0 Å². The highest BCUT2D eigenvalue weighted by atomic mass is 16.6. The van der Waals surface area contributed by atoms with Crippen molar-refractivity contribution in [1.82, 2.24) is 0 Å². The number of hydrogen-bond donors (Lipinski definition) is 0. The van der Waals surface area contributed by atoms with Gasteiger partial charge in [-0.15, -0.1) is 0 Å². The average Bonchev–Trinajstić information content (AvgIpc) is 2.01. The zero-order chi connectivity index (χ0) is 10.8. The second-order valence-corrected chi connectivity index (χ2v) is 4.44. The van der Waals surface area contributed by atoms with Crippen LogP contribution in [0, 0.1) is 0 Å². The topological polar surface area (TPSA) is 43.4 Å². The van der Waals surface area contributed by atoms with Gasteiger partial charge in [0.25, 0.3) is 0 Å². The summed E-state index contributed by atoms with van der Waals surface area (Å²) >= 11 is 0. The van der Waals surface area contributed by atoms with Crippen molar-refractivity contribution in [2.75, 3.05) is 0 Å². The number of carbonyl (C=O) groups is 2. The molecular weight excluding hydrogens is 180 g/mol. The summed E-state index contributed by atoms with van der Waals surface area (Å²) in [7, 11) is 0. The standard InChI is InChI=1S/C11H16O3/c1-11(2,3)14-10(13)8-6-4-5-7-9(8)12/h6H,4-5,7H2,1-3H3. The molecule has 0 saturated heterocycles. The van der Waals surface area contributed by atoms with Gasteiger partial charge in [-0.25, -0.2) is 4.79 Å². The van der Waals surface area contributed by atoms with Crippen LogP contribution in [0.4, 0.5) is 0 Å². The van der Waals surface area contributed by atoms with Gasteiger partial charge >= 0.3 is 5.97 Å². The summed E-state index contributed by atoms with van der Waals surface area (Å²) in [5.41, 5.74) is -0.304. The number of rotatable bonds is 1. The highest BCUT2D eigenvalue weighted by Gasteiger charge is 2.25. The molecule has 1 aliphatic carbocycles. The Bertz CT molecular complexity index is 281. The van der Waals surface area contributed by atoms with E-state index >= 15 is 0 Å². The van der Waals surface area contributed by atoms with Crippen LogP contribution in [0.15, 0.2) is 11.6 Å². The SMILES string of the molecule is CC(C)(C)OC(=O)C1=CCCCC1=O. The molecule has 0 aromatic rings. The Labute approximate surface area is 84.1 Å². The molecular formula is C11H16O3. The molecule has 0 aromatic carbocycles. The molecule has 0 fully saturated rings. The van der Waals surface area contributed by atoms with Crippen LogP contribution < -0.4 is 0 Å². The van der Waals surface area contributed by atoms with Crippen molar-refractivity contribution in [2.24, 2.45) is 0 Å². The Balaban J connectivity index is 2.69. The van der Waals surface area contributed by atoms with Crippen LogP contribution in [-0.4, -0.2) is 17.4 Å². The van der Waals surface area contributed by atoms with Crippen LogP contribution in [0.5, 0.6) is 0 Å². The average molecular weight is 196 g/mol. The van der Waals surface area contributed by atoms with Crippen LogP contribution in [0.3, 0.4) is 0 Å². The van der Waals surface area contributed by atoms with Crippen LogP contribution in [0.25, 0.3) is 0 Å². The first kappa shape index (κ1) is 11.0. The molecule has 0 bridgehead atoms. The minimum atomic E-state index is -0.532. The van der Waals surface area contributed by atoms with Crippen molar-refractivity contribution < 1.29 is 14.3 Å². The lowest BCUT2D eigenvalue weighted by atomic mass is 9.98. The van der Waals surface area contributed by atoms with Crippen molar-refractivity contribution in [3.63, 3.8) is 0 Å². The van der Waals surface area contributed by atoms with E-state index in [0.717, 1.165) is 12.8 Å². The summed E-state index contributed by atoms with van der Waals surface area (Å²) < 4.78 is 5.12. The Morgan fingerprint density at radius 3 is 2.57 bits per heavy atom. The molecule has 0 unspecified atom stereocenters. The number of Topliss-reactive ketones (excluding diaryl/α,β-unsaturated/α-hetero) is 1. The fourth-order valence-electron chi connectivity index (χ4n) is 1.29. The van der Waals surface area contributed by atoms with E-state index in [4.69, 9.17) is 4.74 Å². The molecule has 0 N–H and O–H groups in total. The lowest BCUT2D eigenvalue weighted by molar-refractivity contribution is -0.150. The molecule has 1 rings (SSSR count). The minimum absolute atomic E-state index is 0.0921. The van der Waals surface area contributed by atoms with Gasteiger partial charge in [-0.1, -0.05) is 6.08 Å². The van der Waals surface area contributed by atoms with Crippen molar-refractivity contribution >= 4 is 11.8 Å². The first-order chi connectivity index (χ1) is 6.40. The molecule has 0 heterocycles. The summed E-state index contributed by atoms with van der Waals surface area (Å²) in [5.74, 6) is -0.576. The highest BCUT2D eigenvalue weighted by molar-refractivity contribution is 6.17. The first-order valence-corrected chi connectivity index (χ1v) is 4.87. The van der Waals surface area contributed by atoms with Gasteiger partial charge in [0, 0.05) is 6.42 Å². The van der Waals surface area contributed by atoms with Crippen LogP contribution in [0.2, 0.25) is 0 Å². The van der Waals surface area contributed by atoms with Gasteiger partial charge < -0.3 is 4.74 Å². The molecule has 1 aliphatic rings. The number of carbonyl (C=O) groups excluding carboxylic acids is 2. The van der Waals surface area contributed by atoms with Crippen molar-refractivity contribution in [3.05, 3.63) is 11.6 Å². The van der Waals surface area contributed by atoms with E-state index in [1.54, 1.807) is 26.8 Å². The maximum absolute atomic E-state index is 11.5. The first-order valence-electron chi connectivity index (χ1n) is 4.87. The van der Waals surface area contributed by atoms with Gasteiger partial charge in [-0.2, -0.15) is 0 Å². The maximum atomic E-state index is 11.5. The number of hydrogen-bond acceptors (Lipinski definition) is 3. The normalized spacial score (nSPS) is 17.6. The Kier molecular flexibility index (Phi) is 3.09. The summed E-state index contributed by atoms with van der Waals surface area (Å²) in [6, 6.07) is 0. The third-order valence-electron chi connectivity index (χ3n) is 1.88. The van der Waals surface area contributed by atoms with Crippen molar-refractivity contribution in [1.29, 1.82) is 0 Å². The molecule has 78 valence electrons. The monoisotopic (exact) mass is 196 g/mol. The zero-order valence-electron chi connectivity index (χ0n) is 8.92. The smallest absolute Gasteiger partial charge is 0.341 e. The molecule has 0 amide bonds. The predicted octanol–water partition coefficient (Wildman–Crippen LogP) is 2.01. The van der Waals surface area contributed by atoms with Gasteiger partial charge in [-0.3, -0.25) is 4.79 Å². The lowest BCUT2D eigenvalue weighted by Crippen LogP contribution is -2.28. The molecule has 14 heavy (non-hydrogen) atoms. The Morgan fingerprint density at radius 2 is 2.07 bits per heavy atom. The molecule has 3 heteroatoms. The quantitative estimate of drug-likeness (QED) is 0.476. The number of ketones is 1. The van der Waals surface area contributed by atoms with Gasteiger partial charge in [0.2, 0.25) is 0 Å². The van der Waals surface area contributed by atoms with Gasteiger partial charge in [0.15, 0.2) is 5.78 Å². The molecule has 0 aromatic heterocycles. The maximum Gasteiger partial charge on any atom is 0.341 e. The Hall–Kier alpha value is -1.12. The third kappa shape index (κ3) is 2.98. The summed E-state index contributed by atoms with van der Waals surface area (Å²) in [5, 5.41) is 0. The minimum Gasteiger partial charge on any atom is -0.456 e. The van der Waals surface area contributed by atoms with Crippen LogP contribution in [-0.2, 0) is 14.3 Å². The molecule has 0 atom stereocenters. The van der Waals surface area contributed by atoms with Gasteiger partial charge in [-0.05, 0) is 33.6 Å². The predicted molar refractivity (Wildman–Crippen MR) is 52.8 cm³/mol. The number of esters is 1.